The third-order valence-electron chi connectivity index (χ3n) is 3.20. The molecular formula is C14H15NO6. The highest BCUT2D eigenvalue weighted by atomic mass is 16.6. The maximum atomic E-state index is 12.3. The van der Waals surface area contributed by atoms with Gasteiger partial charge < -0.3 is 19.5 Å². The molecule has 2 rings (SSSR count). The monoisotopic (exact) mass is 293 g/mol. The van der Waals surface area contributed by atoms with Gasteiger partial charge in [0.05, 0.1) is 25.8 Å². The number of morpholine rings is 1. The number of benzene rings is 1. The van der Waals surface area contributed by atoms with Gasteiger partial charge in [0.25, 0.3) is 5.91 Å². The minimum atomic E-state index is -1.05. The topological polar surface area (TPSA) is 93.1 Å². The fourth-order valence-corrected chi connectivity index (χ4v) is 2.05. The highest BCUT2D eigenvalue weighted by molar-refractivity contribution is 5.96. The number of ether oxygens (including phenoxy) is 2. The van der Waals surface area contributed by atoms with E-state index in [-0.39, 0.29) is 24.6 Å². The van der Waals surface area contributed by atoms with Crippen LogP contribution in [0.2, 0.25) is 0 Å². The summed E-state index contributed by atoms with van der Waals surface area (Å²) in [7, 11) is 1.26. The predicted molar refractivity (Wildman–Crippen MR) is 71.1 cm³/mol. The predicted octanol–water partition coefficient (Wildman–Crippen LogP) is 0.399. The normalized spacial score (nSPS) is 18.1. The molecule has 112 valence electrons. The summed E-state index contributed by atoms with van der Waals surface area (Å²) in [6.45, 7) is 0.734. The van der Waals surface area contributed by atoms with Gasteiger partial charge >= 0.3 is 11.9 Å². The largest absolute Gasteiger partial charge is 0.478 e. The van der Waals surface area contributed by atoms with Gasteiger partial charge in [0.2, 0.25) is 0 Å². The zero-order valence-electron chi connectivity index (χ0n) is 11.4. The molecule has 1 aromatic carbocycles. The van der Waals surface area contributed by atoms with E-state index in [1.165, 1.54) is 36.3 Å². The Morgan fingerprint density at radius 2 is 1.86 bits per heavy atom. The molecule has 1 amide bonds. The highest BCUT2D eigenvalue weighted by Crippen LogP contribution is 2.12. The second kappa shape index (κ2) is 6.36. The van der Waals surface area contributed by atoms with Crippen molar-refractivity contribution in [1.29, 1.82) is 0 Å². The minimum absolute atomic E-state index is 0.112. The lowest BCUT2D eigenvalue weighted by Gasteiger charge is -2.31. The van der Waals surface area contributed by atoms with Crippen molar-refractivity contribution >= 4 is 17.8 Å². The maximum Gasteiger partial charge on any atom is 0.336 e. The van der Waals surface area contributed by atoms with Gasteiger partial charge in [0.1, 0.15) is 0 Å². The summed E-state index contributed by atoms with van der Waals surface area (Å²) in [5.74, 6) is -1.84. The number of carbonyl (C=O) groups excluding carboxylic acids is 2. The van der Waals surface area contributed by atoms with E-state index in [2.05, 4.69) is 4.74 Å². The van der Waals surface area contributed by atoms with Gasteiger partial charge in [0.15, 0.2) is 6.10 Å². The van der Waals surface area contributed by atoms with Gasteiger partial charge in [0, 0.05) is 12.1 Å². The van der Waals surface area contributed by atoms with Gasteiger partial charge in [-0.3, -0.25) is 4.79 Å². The molecule has 1 aromatic rings. The fraction of sp³-hybridized carbons (Fsp3) is 0.357. The van der Waals surface area contributed by atoms with Crippen LogP contribution in [0.4, 0.5) is 0 Å². The first kappa shape index (κ1) is 15.0. The molecule has 1 aliphatic heterocycles. The lowest BCUT2D eigenvalue weighted by atomic mass is 10.1. The Kier molecular flexibility index (Phi) is 4.54. The molecule has 0 spiro atoms. The van der Waals surface area contributed by atoms with Crippen LogP contribution in [0, 0.1) is 0 Å². The first-order valence-electron chi connectivity index (χ1n) is 6.35. The molecule has 0 aliphatic carbocycles. The Morgan fingerprint density at radius 3 is 2.43 bits per heavy atom. The Morgan fingerprint density at radius 1 is 1.24 bits per heavy atom. The van der Waals surface area contributed by atoms with Crippen LogP contribution in [0.15, 0.2) is 24.3 Å². The minimum Gasteiger partial charge on any atom is -0.478 e. The molecule has 0 aromatic heterocycles. The number of hydrogen-bond acceptors (Lipinski definition) is 5. The van der Waals surface area contributed by atoms with Crippen molar-refractivity contribution in [2.45, 2.75) is 6.10 Å². The summed E-state index contributed by atoms with van der Waals surface area (Å²) in [5, 5.41) is 8.82. The molecule has 1 N–H and O–H groups in total. The Bertz CT molecular complexity index is 553. The second-order valence-corrected chi connectivity index (χ2v) is 4.52. The summed E-state index contributed by atoms with van der Waals surface area (Å²) in [4.78, 5) is 36.0. The van der Waals surface area contributed by atoms with Crippen LogP contribution in [0.1, 0.15) is 20.7 Å². The van der Waals surface area contributed by atoms with Crippen molar-refractivity contribution in [1.82, 2.24) is 4.90 Å². The standard InChI is InChI=1S/C14H15NO6/c1-20-14(19)11-8-15(6-7-21-11)12(16)9-2-4-10(5-3-9)13(17)18/h2-5,11H,6-8H2,1H3,(H,17,18). The highest BCUT2D eigenvalue weighted by Gasteiger charge is 2.30. The van der Waals surface area contributed by atoms with E-state index in [1.807, 2.05) is 0 Å². The molecule has 0 bridgehead atoms. The Labute approximate surface area is 121 Å². The molecule has 1 saturated heterocycles. The first-order valence-corrected chi connectivity index (χ1v) is 6.35. The van der Waals surface area contributed by atoms with E-state index < -0.39 is 18.0 Å². The molecule has 0 radical (unpaired) electrons. The van der Waals surface area contributed by atoms with E-state index in [4.69, 9.17) is 9.84 Å². The van der Waals surface area contributed by atoms with Crippen LogP contribution in [0.5, 0.6) is 0 Å². The Balaban J connectivity index is 2.08. The molecule has 7 heteroatoms. The van der Waals surface area contributed by atoms with Gasteiger partial charge in [-0.15, -0.1) is 0 Å². The first-order chi connectivity index (χ1) is 10.0. The molecule has 1 unspecified atom stereocenters. The van der Waals surface area contributed by atoms with Crippen LogP contribution < -0.4 is 0 Å². The van der Waals surface area contributed by atoms with Crippen LogP contribution in [0.25, 0.3) is 0 Å². The number of esters is 1. The van der Waals surface area contributed by atoms with E-state index in [0.717, 1.165) is 0 Å². The van der Waals surface area contributed by atoms with E-state index >= 15 is 0 Å². The molecule has 21 heavy (non-hydrogen) atoms. The SMILES string of the molecule is COC(=O)C1CN(C(=O)c2ccc(C(=O)O)cc2)CCO1. The fourth-order valence-electron chi connectivity index (χ4n) is 2.05. The van der Waals surface area contributed by atoms with E-state index in [9.17, 15) is 14.4 Å². The molecule has 1 aliphatic rings. The van der Waals surface area contributed by atoms with Crippen LogP contribution in [-0.4, -0.2) is 60.8 Å². The molecule has 7 nitrogen and oxygen atoms in total. The number of nitrogens with zero attached hydrogens (tertiary/aromatic N) is 1. The molecular weight excluding hydrogens is 278 g/mol. The van der Waals surface area contributed by atoms with Gasteiger partial charge in [-0.25, -0.2) is 9.59 Å². The number of carbonyl (C=O) groups is 3. The maximum absolute atomic E-state index is 12.3. The number of methoxy groups -OCH3 is 1. The molecule has 1 heterocycles. The number of amides is 1. The number of hydrogen-bond donors (Lipinski definition) is 1. The summed E-state index contributed by atoms with van der Waals surface area (Å²) < 4.78 is 9.85. The third-order valence-corrected chi connectivity index (χ3v) is 3.20. The number of rotatable bonds is 3. The van der Waals surface area contributed by atoms with Crippen molar-refractivity contribution in [2.24, 2.45) is 0 Å². The van der Waals surface area contributed by atoms with Gasteiger partial charge in [-0.2, -0.15) is 0 Å². The molecule has 1 atom stereocenters. The summed E-state index contributed by atoms with van der Waals surface area (Å²) in [6, 6.07) is 5.64. The zero-order chi connectivity index (χ0) is 15.4. The zero-order valence-corrected chi connectivity index (χ0v) is 11.4. The average molecular weight is 293 g/mol. The van der Waals surface area contributed by atoms with E-state index in [0.29, 0.717) is 12.1 Å². The van der Waals surface area contributed by atoms with Crippen LogP contribution >= 0.6 is 0 Å². The molecule has 1 fully saturated rings. The lowest BCUT2D eigenvalue weighted by Crippen LogP contribution is -2.48. The van der Waals surface area contributed by atoms with E-state index in [1.54, 1.807) is 0 Å². The summed E-state index contributed by atoms with van der Waals surface area (Å²) in [6.07, 6.45) is -0.786. The quantitative estimate of drug-likeness (QED) is 0.811. The van der Waals surface area contributed by atoms with Crippen molar-refractivity contribution < 1.29 is 29.0 Å². The average Bonchev–Trinajstić information content (AvgIpc) is 2.53. The number of carboxylic acids is 1. The smallest absolute Gasteiger partial charge is 0.336 e. The molecule has 0 saturated carbocycles. The van der Waals surface area contributed by atoms with Crippen molar-refractivity contribution in [3.8, 4) is 0 Å². The summed E-state index contributed by atoms with van der Waals surface area (Å²) in [5.41, 5.74) is 0.478. The van der Waals surface area contributed by atoms with Crippen LogP contribution in [-0.2, 0) is 14.3 Å². The second-order valence-electron chi connectivity index (χ2n) is 4.52. The van der Waals surface area contributed by atoms with Gasteiger partial charge in [-0.05, 0) is 24.3 Å². The van der Waals surface area contributed by atoms with Crippen molar-refractivity contribution in [3.05, 3.63) is 35.4 Å². The number of aromatic carboxylic acids is 1. The van der Waals surface area contributed by atoms with Crippen molar-refractivity contribution in [3.63, 3.8) is 0 Å². The van der Waals surface area contributed by atoms with Crippen LogP contribution in [0.3, 0.4) is 0 Å². The summed E-state index contributed by atoms with van der Waals surface area (Å²) >= 11 is 0. The third kappa shape index (κ3) is 3.38. The Hall–Kier alpha value is -2.41. The number of carboxylic acid groups (broad SMARTS) is 1. The van der Waals surface area contributed by atoms with Gasteiger partial charge in [-0.1, -0.05) is 0 Å². The lowest BCUT2D eigenvalue weighted by molar-refractivity contribution is -0.158. The van der Waals surface area contributed by atoms with Crippen molar-refractivity contribution in [2.75, 3.05) is 26.8 Å².